The fourth-order valence-electron chi connectivity index (χ4n) is 1.80. The third kappa shape index (κ3) is 6.21. The molecule has 0 spiro atoms. The number of carbonyl (C=O) groups excluding carboxylic acids is 1. The van der Waals surface area contributed by atoms with Crippen molar-refractivity contribution in [3.63, 3.8) is 0 Å². The fraction of sp³-hybridized carbons (Fsp3) is 0.500. The summed E-state index contributed by atoms with van der Waals surface area (Å²) in [4.78, 5) is 13.2. The predicted octanol–water partition coefficient (Wildman–Crippen LogP) is 2.76. The molecule has 8 heteroatoms. The smallest absolute Gasteiger partial charge is 0.405 e. The molecular formula is C14H19F3N2O3. The fourth-order valence-corrected chi connectivity index (χ4v) is 1.80. The number of amides is 2. The van der Waals surface area contributed by atoms with Crippen molar-refractivity contribution < 1.29 is 27.4 Å². The summed E-state index contributed by atoms with van der Waals surface area (Å²) >= 11 is 0. The first kappa shape index (κ1) is 18.1. The van der Waals surface area contributed by atoms with Gasteiger partial charge in [-0.05, 0) is 13.0 Å². The van der Waals surface area contributed by atoms with E-state index >= 15 is 0 Å². The second-order valence-electron chi connectivity index (χ2n) is 4.82. The van der Waals surface area contributed by atoms with Crippen LogP contribution in [0, 0.1) is 0 Å². The van der Waals surface area contributed by atoms with E-state index in [1.165, 1.54) is 37.3 Å². The number of hydrogen-bond acceptors (Lipinski definition) is 3. The van der Waals surface area contributed by atoms with Gasteiger partial charge in [-0.3, -0.25) is 0 Å². The number of benzene rings is 1. The second-order valence-corrected chi connectivity index (χ2v) is 4.82. The summed E-state index contributed by atoms with van der Waals surface area (Å²) in [5, 5.41) is 2.67. The highest BCUT2D eigenvalue weighted by Gasteiger charge is 2.32. The first-order valence-electron chi connectivity index (χ1n) is 6.57. The van der Waals surface area contributed by atoms with E-state index in [4.69, 9.17) is 4.74 Å². The number of nitrogens with one attached hydrogen (secondary N) is 1. The molecule has 0 fully saturated rings. The molecule has 1 unspecified atom stereocenters. The van der Waals surface area contributed by atoms with Crippen molar-refractivity contribution in [1.29, 1.82) is 0 Å². The highest BCUT2D eigenvalue weighted by molar-refractivity contribution is 5.74. The van der Waals surface area contributed by atoms with E-state index in [1.807, 2.05) is 0 Å². The number of ether oxygens (including phenoxy) is 2. The van der Waals surface area contributed by atoms with Crippen molar-refractivity contribution in [3.8, 4) is 5.75 Å². The molecular weight excluding hydrogens is 301 g/mol. The largest absolute Gasteiger partial charge is 0.573 e. The summed E-state index contributed by atoms with van der Waals surface area (Å²) in [6.45, 7) is 2.08. The highest BCUT2D eigenvalue weighted by Crippen LogP contribution is 2.26. The quantitative estimate of drug-likeness (QED) is 0.877. The van der Waals surface area contributed by atoms with Crippen LogP contribution in [0.1, 0.15) is 12.5 Å². The Kier molecular flexibility index (Phi) is 6.48. The van der Waals surface area contributed by atoms with Gasteiger partial charge in [-0.2, -0.15) is 0 Å². The maximum absolute atomic E-state index is 12.3. The van der Waals surface area contributed by atoms with Gasteiger partial charge in [0.2, 0.25) is 0 Å². The summed E-state index contributed by atoms with van der Waals surface area (Å²) in [5.74, 6) is -0.320. The molecule has 0 saturated carbocycles. The SMILES string of the molecule is COCC(C)NC(=O)N(C)Cc1ccccc1OC(F)(F)F. The van der Waals surface area contributed by atoms with Crippen molar-refractivity contribution in [3.05, 3.63) is 29.8 Å². The summed E-state index contributed by atoms with van der Waals surface area (Å²) in [7, 11) is 3.00. The number of alkyl halides is 3. The number of para-hydroxylation sites is 1. The van der Waals surface area contributed by atoms with Gasteiger partial charge in [-0.15, -0.1) is 13.2 Å². The van der Waals surface area contributed by atoms with Crippen molar-refractivity contribution in [2.75, 3.05) is 20.8 Å². The van der Waals surface area contributed by atoms with Gasteiger partial charge in [0.05, 0.1) is 19.2 Å². The van der Waals surface area contributed by atoms with Crippen LogP contribution in [0.15, 0.2) is 24.3 Å². The molecule has 1 aromatic carbocycles. The third-order valence-corrected chi connectivity index (χ3v) is 2.74. The van der Waals surface area contributed by atoms with Crippen LogP contribution in [0.4, 0.5) is 18.0 Å². The van der Waals surface area contributed by atoms with Gasteiger partial charge in [0, 0.05) is 19.7 Å². The molecule has 0 aliphatic carbocycles. The molecule has 0 bridgehead atoms. The molecule has 5 nitrogen and oxygen atoms in total. The van der Waals surface area contributed by atoms with Crippen molar-refractivity contribution in [1.82, 2.24) is 10.2 Å². The number of methoxy groups -OCH3 is 1. The Bertz CT molecular complexity index is 494. The molecule has 0 aliphatic heterocycles. The molecule has 2 amide bonds. The number of nitrogens with zero attached hydrogens (tertiary/aromatic N) is 1. The predicted molar refractivity (Wildman–Crippen MR) is 74.5 cm³/mol. The molecule has 0 saturated heterocycles. The Morgan fingerprint density at radius 2 is 2.00 bits per heavy atom. The molecule has 1 rings (SSSR count). The Morgan fingerprint density at radius 1 is 1.36 bits per heavy atom. The van der Waals surface area contributed by atoms with Crippen LogP contribution in [0.25, 0.3) is 0 Å². The molecule has 1 N–H and O–H groups in total. The number of rotatable bonds is 6. The average molecular weight is 320 g/mol. The number of hydrogen-bond donors (Lipinski definition) is 1. The molecule has 1 atom stereocenters. The first-order chi connectivity index (χ1) is 10.2. The summed E-state index contributed by atoms with van der Waals surface area (Å²) in [5.41, 5.74) is 0.261. The van der Waals surface area contributed by atoms with Crippen molar-refractivity contribution in [2.45, 2.75) is 25.9 Å². The molecule has 124 valence electrons. The Hall–Kier alpha value is -1.96. The van der Waals surface area contributed by atoms with E-state index in [0.717, 1.165) is 0 Å². The van der Waals surface area contributed by atoms with E-state index in [1.54, 1.807) is 13.0 Å². The van der Waals surface area contributed by atoms with Gasteiger partial charge in [-0.1, -0.05) is 18.2 Å². The third-order valence-electron chi connectivity index (χ3n) is 2.74. The maximum Gasteiger partial charge on any atom is 0.573 e. The number of carbonyl (C=O) groups is 1. The molecule has 0 aromatic heterocycles. The summed E-state index contributed by atoms with van der Waals surface area (Å²) in [6.07, 6.45) is -4.77. The molecule has 22 heavy (non-hydrogen) atoms. The van der Waals surface area contributed by atoms with Crippen molar-refractivity contribution >= 4 is 6.03 Å². The Morgan fingerprint density at radius 3 is 2.59 bits per heavy atom. The highest BCUT2D eigenvalue weighted by atomic mass is 19.4. The minimum Gasteiger partial charge on any atom is -0.405 e. The number of halogens is 3. The molecule has 0 heterocycles. The van der Waals surface area contributed by atoms with Gasteiger partial charge in [0.25, 0.3) is 0 Å². The Balaban J connectivity index is 2.71. The second kappa shape index (κ2) is 7.88. The zero-order valence-corrected chi connectivity index (χ0v) is 12.6. The average Bonchev–Trinajstić information content (AvgIpc) is 2.39. The van der Waals surface area contributed by atoms with Gasteiger partial charge in [0.15, 0.2) is 0 Å². The lowest BCUT2D eigenvalue weighted by Crippen LogP contribution is -2.43. The van der Waals surface area contributed by atoms with Crippen LogP contribution in [-0.4, -0.2) is 44.1 Å². The van der Waals surface area contributed by atoms with Crippen LogP contribution in [-0.2, 0) is 11.3 Å². The lowest BCUT2D eigenvalue weighted by atomic mass is 10.2. The zero-order chi connectivity index (χ0) is 16.8. The van der Waals surface area contributed by atoms with E-state index in [9.17, 15) is 18.0 Å². The zero-order valence-electron chi connectivity index (χ0n) is 12.6. The van der Waals surface area contributed by atoms with Crippen LogP contribution in [0.3, 0.4) is 0 Å². The summed E-state index contributed by atoms with van der Waals surface area (Å²) < 4.78 is 45.9. The van der Waals surface area contributed by atoms with Crippen LogP contribution >= 0.6 is 0 Å². The molecule has 0 aliphatic rings. The van der Waals surface area contributed by atoms with E-state index in [-0.39, 0.29) is 23.9 Å². The van der Waals surface area contributed by atoms with Crippen LogP contribution < -0.4 is 10.1 Å². The first-order valence-corrected chi connectivity index (χ1v) is 6.57. The normalized spacial score (nSPS) is 12.6. The van der Waals surface area contributed by atoms with Crippen LogP contribution in [0.2, 0.25) is 0 Å². The van der Waals surface area contributed by atoms with Gasteiger partial charge < -0.3 is 19.7 Å². The number of urea groups is 1. The monoisotopic (exact) mass is 320 g/mol. The van der Waals surface area contributed by atoms with E-state index < -0.39 is 12.4 Å². The lowest BCUT2D eigenvalue weighted by Gasteiger charge is -2.22. The topological polar surface area (TPSA) is 50.8 Å². The minimum atomic E-state index is -4.77. The van der Waals surface area contributed by atoms with Gasteiger partial charge in [0.1, 0.15) is 5.75 Å². The van der Waals surface area contributed by atoms with Gasteiger partial charge in [-0.25, -0.2) is 4.79 Å². The van der Waals surface area contributed by atoms with E-state index in [2.05, 4.69) is 10.1 Å². The van der Waals surface area contributed by atoms with Crippen LogP contribution in [0.5, 0.6) is 5.75 Å². The Labute approximate surface area is 127 Å². The molecule has 0 radical (unpaired) electrons. The van der Waals surface area contributed by atoms with Gasteiger partial charge >= 0.3 is 12.4 Å². The van der Waals surface area contributed by atoms with E-state index in [0.29, 0.717) is 6.61 Å². The lowest BCUT2D eigenvalue weighted by molar-refractivity contribution is -0.274. The maximum atomic E-state index is 12.3. The minimum absolute atomic E-state index is 0.0161. The summed E-state index contributed by atoms with van der Waals surface area (Å²) in [6, 6.07) is 5.09. The van der Waals surface area contributed by atoms with Crippen molar-refractivity contribution in [2.24, 2.45) is 0 Å². The standard InChI is InChI=1S/C14H19F3N2O3/c1-10(9-21-3)18-13(20)19(2)8-11-6-4-5-7-12(11)22-14(15,16)17/h4-7,10H,8-9H2,1-3H3,(H,18,20). The molecule has 1 aromatic rings.